The summed E-state index contributed by atoms with van der Waals surface area (Å²) in [5.74, 6) is -0.105. The molecule has 2 rings (SSSR count). The molecule has 2 aromatic rings. The lowest BCUT2D eigenvalue weighted by Crippen LogP contribution is -2.31. The molecule has 0 aliphatic rings. The summed E-state index contributed by atoms with van der Waals surface area (Å²) in [6.07, 6.45) is -0.935. The maximum absolute atomic E-state index is 12.1. The van der Waals surface area contributed by atoms with E-state index in [1.54, 1.807) is 36.4 Å². The van der Waals surface area contributed by atoms with Gasteiger partial charge in [-0.05, 0) is 38.1 Å². The van der Waals surface area contributed by atoms with Crippen LogP contribution in [0.25, 0.3) is 0 Å². The molecule has 132 valence electrons. The minimum absolute atomic E-state index is 0.317. The highest BCUT2D eigenvalue weighted by Gasteiger charge is 2.18. The van der Waals surface area contributed by atoms with Gasteiger partial charge in [-0.25, -0.2) is 4.79 Å². The predicted octanol–water partition coefficient (Wildman–Crippen LogP) is 2.95. The smallest absolute Gasteiger partial charge is 0.344 e. The van der Waals surface area contributed by atoms with Crippen molar-refractivity contribution in [2.45, 2.75) is 20.0 Å². The molecule has 0 unspecified atom stereocenters. The van der Waals surface area contributed by atoms with E-state index in [0.717, 1.165) is 5.56 Å². The first kappa shape index (κ1) is 18.3. The Kier molecular flexibility index (Phi) is 6.39. The summed E-state index contributed by atoms with van der Waals surface area (Å²) in [7, 11) is 1.51. The van der Waals surface area contributed by atoms with E-state index in [1.165, 1.54) is 14.0 Å². The Hall–Kier alpha value is -3.02. The molecular weight excluding hydrogens is 322 g/mol. The Balaban J connectivity index is 1.82. The fraction of sp³-hybridized carbons (Fsp3) is 0.263. The molecule has 0 aliphatic carbocycles. The first-order valence-electron chi connectivity index (χ1n) is 7.82. The van der Waals surface area contributed by atoms with Crippen LogP contribution in [-0.2, 0) is 14.3 Å². The molecule has 0 aromatic heterocycles. The summed E-state index contributed by atoms with van der Waals surface area (Å²) in [5.41, 5.74) is 1.73. The lowest BCUT2D eigenvalue weighted by Gasteiger charge is -2.14. The molecule has 25 heavy (non-hydrogen) atoms. The van der Waals surface area contributed by atoms with E-state index in [4.69, 9.17) is 14.2 Å². The number of hydrogen-bond donors (Lipinski definition) is 1. The van der Waals surface area contributed by atoms with Gasteiger partial charge in [0.25, 0.3) is 5.91 Å². The van der Waals surface area contributed by atoms with Crippen LogP contribution in [0.1, 0.15) is 12.5 Å². The Bertz CT molecular complexity index is 727. The number of carbonyl (C=O) groups excluding carboxylic acids is 2. The monoisotopic (exact) mass is 343 g/mol. The number of anilines is 1. The normalized spacial score (nSPS) is 11.3. The number of benzene rings is 2. The van der Waals surface area contributed by atoms with Gasteiger partial charge in [0.15, 0.2) is 24.2 Å². The zero-order valence-corrected chi connectivity index (χ0v) is 14.4. The largest absolute Gasteiger partial charge is 0.493 e. The number of amides is 1. The third kappa shape index (κ3) is 5.53. The zero-order chi connectivity index (χ0) is 18.2. The van der Waals surface area contributed by atoms with E-state index in [1.807, 2.05) is 19.1 Å². The SMILES string of the molecule is COc1ccccc1OCC(=O)O[C@@H](C)C(=O)Nc1ccc(C)cc1. The lowest BCUT2D eigenvalue weighted by molar-refractivity contribution is -0.155. The third-order valence-electron chi connectivity index (χ3n) is 3.41. The fourth-order valence-corrected chi connectivity index (χ4v) is 2.04. The highest BCUT2D eigenvalue weighted by atomic mass is 16.6. The van der Waals surface area contributed by atoms with Gasteiger partial charge in [0.2, 0.25) is 0 Å². The number of para-hydroxylation sites is 2. The number of methoxy groups -OCH3 is 1. The Morgan fingerprint density at radius 2 is 1.68 bits per heavy atom. The minimum Gasteiger partial charge on any atom is -0.493 e. The molecule has 6 heteroatoms. The predicted molar refractivity (Wildman–Crippen MR) is 93.9 cm³/mol. The van der Waals surface area contributed by atoms with Gasteiger partial charge >= 0.3 is 5.97 Å². The summed E-state index contributed by atoms with van der Waals surface area (Å²) in [4.78, 5) is 23.9. The van der Waals surface area contributed by atoms with Crippen molar-refractivity contribution in [1.82, 2.24) is 0 Å². The highest BCUT2D eigenvalue weighted by Crippen LogP contribution is 2.25. The molecule has 0 aliphatic heterocycles. The van der Waals surface area contributed by atoms with Gasteiger partial charge in [0.05, 0.1) is 7.11 Å². The number of hydrogen-bond acceptors (Lipinski definition) is 5. The van der Waals surface area contributed by atoms with Crippen molar-refractivity contribution in [3.8, 4) is 11.5 Å². The molecule has 1 atom stereocenters. The van der Waals surface area contributed by atoms with Crippen LogP contribution in [-0.4, -0.2) is 31.7 Å². The second kappa shape index (κ2) is 8.73. The maximum atomic E-state index is 12.1. The van der Waals surface area contributed by atoms with Crippen LogP contribution in [0.5, 0.6) is 11.5 Å². The van der Waals surface area contributed by atoms with Gasteiger partial charge in [-0.2, -0.15) is 0 Å². The third-order valence-corrected chi connectivity index (χ3v) is 3.41. The molecular formula is C19H21NO5. The number of aryl methyl sites for hydroxylation is 1. The number of nitrogens with one attached hydrogen (secondary N) is 1. The van der Waals surface area contributed by atoms with Gasteiger partial charge in [-0.1, -0.05) is 29.8 Å². The Morgan fingerprint density at radius 3 is 2.32 bits per heavy atom. The Morgan fingerprint density at radius 1 is 1.04 bits per heavy atom. The van der Waals surface area contributed by atoms with Crippen LogP contribution in [0.2, 0.25) is 0 Å². The van der Waals surface area contributed by atoms with Gasteiger partial charge < -0.3 is 19.5 Å². The molecule has 0 bridgehead atoms. The van der Waals surface area contributed by atoms with E-state index in [9.17, 15) is 9.59 Å². The van der Waals surface area contributed by atoms with Gasteiger partial charge in [-0.15, -0.1) is 0 Å². The van der Waals surface area contributed by atoms with Crippen LogP contribution in [0.15, 0.2) is 48.5 Å². The first-order chi connectivity index (χ1) is 12.0. The van der Waals surface area contributed by atoms with Crippen LogP contribution in [0, 0.1) is 6.92 Å². The average molecular weight is 343 g/mol. The molecule has 0 radical (unpaired) electrons. The van der Waals surface area contributed by atoms with E-state index >= 15 is 0 Å². The highest BCUT2D eigenvalue weighted by molar-refractivity contribution is 5.95. The van der Waals surface area contributed by atoms with Crippen molar-refractivity contribution in [1.29, 1.82) is 0 Å². The number of esters is 1. The molecule has 1 N–H and O–H groups in total. The van der Waals surface area contributed by atoms with Crippen LogP contribution in [0.4, 0.5) is 5.69 Å². The average Bonchev–Trinajstić information content (AvgIpc) is 2.62. The van der Waals surface area contributed by atoms with Crippen LogP contribution in [0.3, 0.4) is 0 Å². The second-order valence-corrected chi connectivity index (χ2v) is 5.43. The number of ether oxygens (including phenoxy) is 3. The number of rotatable bonds is 7. The summed E-state index contributed by atoms with van der Waals surface area (Å²) in [6.45, 7) is 3.14. The summed E-state index contributed by atoms with van der Waals surface area (Å²) < 4.78 is 15.6. The first-order valence-corrected chi connectivity index (χ1v) is 7.82. The molecule has 1 amide bonds. The zero-order valence-electron chi connectivity index (χ0n) is 14.4. The quantitative estimate of drug-likeness (QED) is 0.783. The standard InChI is InChI=1S/C19H21NO5/c1-13-8-10-15(11-9-13)20-19(22)14(2)25-18(21)12-24-17-7-5-4-6-16(17)23-3/h4-11,14H,12H2,1-3H3,(H,20,22)/t14-/m0/s1. The molecule has 6 nitrogen and oxygen atoms in total. The summed E-state index contributed by atoms with van der Waals surface area (Å²) in [6, 6.07) is 14.3. The summed E-state index contributed by atoms with van der Waals surface area (Å²) in [5, 5.41) is 2.69. The molecule has 0 saturated carbocycles. The van der Waals surface area contributed by atoms with Crippen molar-refractivity contribution in [3.05, 3.63) is 54.1 Å². The second-order valence-electron chi connectivity index (χ2n) is 5.43. The van der Waals surface area contributed by atoms with E-state index in [-0.39, 0.29) is 6.61 Å². The molecule has 0 heterocycles. The van der Waals surface area contributed by atoms with Gasteiger partial charge in [0, 0.05) is 5.69 Å². The van der Waals surface area contributed by atoms with Crippen molar-refractivity contribution in [2.75, 3.05) is 19.0 Å². The molecule has 0 spiro atoms. The van der Waals surface area contributed by atoms with E-state index in [0.29, 0.717) is 17.2 Å². The molecule has 0 saturated heterocycles. The summed E-state index contributed by atoms with van der Waals surface area (Å²) >= 11 is 0. The fourth-order valence-electron chi connectivity index (χ4n) is 2.04. The van der Waals surface area contributed by atoms with Crippen molar-refractivity contribution >= 4 is 17.6 Å². The lowest BCUT2D eigenvalue weighted by atomic mass is 10.2. The van der Waals surface area contributed by atoms with Gasteiger partial charge in [0.1, 0.15) is 0 Å². The van der Waals surface area contributed by atoms with E-state index in [2.05, 4.69) is 5.32 Å². The van der Waals surface area contributed by atoms with Crippen LogP contribution >= 0.6 is 0 Å². The Labute approximate surface area is 146 Å². The minimum atomic E-state index is -0.935. The van der Waals surface area contributed by atoms with Crippen LogP contribution < -0.4 is 14.8 Å². The maximum Gasteiger partial charge on any atom is 0.344 e. The van der Waals surface area contributed by atoms with Gasteiger partial charge in [-0.3, -0.25) is 4.79 Å². The molecule has 0 fully saturated rings. The molecule has 2 aromatic carbocycles. The number of carbonyl (C=O) groups is 2. The van der Waals surface area contributed by atoms with Crippen molar-refractivity contribution < 1.29 is 23.8 Å². The van der Waals surface area contributed by atoms with E-state index < -0.39 is 18.0 Å². The van der Waals surface area contributed by atoms with Crippen molar-refractivity contribution in [2.24, 2.45) is 0 Å². The topological polar surface area (TPSA) is 73.9 Å². The van der Waals surface area contributed by atoms with Crippen molar-refractivity contribution in [3.63, 3.8) is 0 Å².